The number of halogens is 2. The van der Waals surface area contributed by atoms with Gasteiger partial charge in [-0.05, 0) is 57.1 Å². The topological polar surface area (TPSA) is 73.8 Å². The Balaban J connectivity index is 1.24. The van der Waals surface area contributed by atoms with Crippen molar-refractivity contribution in [2.75, 3.05) is 58.7 Å². The summed E-state index contributed by atoms with van der Waals surface area (Å²) < 4.78 is 19.4. The van der Waals surface area contributed by atoms with E-state index in [-0.39, 0.29) is 17.0 Å². The minimum Gasteiger partial charge on any atom is -0.377 e. The van der Waals surface area contributed by atoms with Crippen LogP contribution >= 0.6 is 22.9 Å². The van der Waals surface area contributed by atoms with Crippen LogP contribution in [-0.4, -0.2) is 90.1 Å². The minimum absolute atomic E-state index is 0.0215. The van der Waals surface area contributed by atoms with Crippen LogP contribution in [0.2, 0.25) is 5.02 Å². The molecule has 2 aromatic heterocycles. The lowest BCUT2D eigenvalue weighted by molar-refractivity contribution is -0.126. The Labute approximate surface area is 237 Å². The number of fused-ring (bicyclic) bond motifs is 3. The molecule has 4 heterocycles. The number of hydrogen-bond acceptors (Lipinski definition) is 8. The van der Waals surface area contributed by atoms with Gasteiger partial charge in [0.2, 0.25) is 5.91 Å². The van der Waals surface area contributed by atoms with Crippen LogP contribution in [0.25, 0.3) is 10.2 Å². The van der Waals surface area contributed by atoms with E-state index in [1.165, 1.54) is 12.4 Å². The van der Waals surface area contributed by atoms with Crippen LogP contribution in [0.5, 0.6) is 0 Å². The molecule has 0 spiro atoms. The maximum absolute atomic E-state index is 13.6. The number of carbonyl (C=O) groups is 1. The molecule has 39 heavy (non-hydrogen) atoms. The molecular formula is C28H34ClFN6O2S. The number of nitrogens with one attached hydrogen (secondary N) is 1. The van der Waals surface area contributed by atoms with E-state index in [1.54, 1.807) is 29.5 Å². The number of aromatic nitrogens is 2. The Kier molecular flexibility index (Phi) is 9.09. The van der Waals surface area contributed by atoms with Crippen molar-refractivity contribution in [3.05, 3.63) is 58.0 Å². The molecule has 3 aromatic rings. The molecule has 1 unspecified atom stereocenters. The van der Waals surface area contributed by atoms with Gasteiger partial charge in [-0.2, -0.15) is 0 Å². The van der Waals surface area contributed by atoms with E-state index in [0.717, 1.165) is 72.7 Å². The van der Waals surface area contributed by atoms with Crippen LogP contribution in [0.3, 0.4) is 0 Å². The second-order valence-corrected chi connectivity index (χ2v) is 11.8. The molecule has 8 nitrogen and oxygen atoms in total. The molecular weight excluding hydrogens is 539 g/mol. The van der Waals surface area contributed by atoms with Gasteiger partial charge in [0.15, 0.2) is 0 Å². The lowest BCUT2D eigenvalue weighted by Gasteiger charge is -2.27. The fourth-order valence-corrected chi connectivity index (χ4v) is 6.39. The predicted molar refractivity (Wildman–Crippen MR) is 154 cm³/mol. The third-order valence-corrected chi connectivity index (χ3v) is 8.52. The molecule has 11 heteroatoms. The highest BCUT2D eigenvalue weighted by molar-refractivity contribution is 7.19. The van der Waals surface area contributed by atoms with Crippen LogP contribution in [0.1, 0.15) is 23.3 Å². The smallest absolute Gasteiger partial charge is 0.246 e. The van der Waals surface area contributed by atoms with E-state index in [4.69, 9.17) is 16.3 Å². The molecule has 1 saturated heterocycles. The average Bonchev–Trinajstić information content (AvgIpc) is 3.56. The van der Waals surface area contributed by atoms with Crippen molar-refractivity contribution in [3.8, 4) is 0 Å². The van der Waals surface area contributed by atoms with Crippen molar-refractivity contribution in [1.29, 1.82) is 0 Å². The number of thiophene rings is 1. The monoisotopic (exact) mass is 572 g/mol. The summed E-state index contributed by atoms with van der Waals surface area (Å²) in [5.74, 6) is 0.211. The van der Waals surface area contributed by atoms with Crippen LogP contribution in [0, 0.1) is 5.82 Å². The van der Waals surface area contributed by atoms with Crippen molar-refractivity contribution in [1.82, 2.24) is 24.7 Å². The van der Waals surface area contributed by atoms with Crippen molar-refractivity contribution in [2.45, 2.75) is 31.9 Å². The molecule has 0 radical (unpaired) electrons. The Morgan fingerprint density at radius 2 is 2.21 bits per heavy atom. The first-order valence-corrected chi connectivity index (χ1v) is 14.5. The number of rotatable bonds is 10. The molecule has 2 aliphatic heterocycles. The van der Waals surface area contributed by atoms with Crippen LogP contribution < -0.4 is 5.32 Å². The van der Waals surface area contributed by atoms with E-state index in [9.17, 15) is 9.18 Å². The Morgan fingerprint density at radius 1 is 1.33 bits per heavy atom. The van der Waals surface area contributed by atoms with Gasteiger partial charge < -0.3 is 19.9 Å². The third-order valence-electron chi connectivity index (χ3n) is 7.10. The number of amides is 1. The van der Waals surface area contributed by atoms with Crippen molar-refractivity contribution in [3.63, 3.8) is 0 Å². The van der Waals surface area contributed by atoms with Crippen molar-refractivity contribution < 1.29 is 13.9 Å². The summed E-state index contributed by atoms with van der Waals surface area (Å²) in [6, 6.07) is 4.50. The first-order chi connectivity index (χ1) is 18.9. The largest absolute Gasteiger partial charge is 0.377 e. The molecule has 1 amide bonds. The molecule has 1 aromatic carbocycles. The third kappa shape index (κ3) is 6.93. The lowest BCUT2D eigenvalue weighted by atomic mass is 10.0. The van der Waals surface area contributed by atoms with E-state index >= 15 is 0 Å². The number of carbonyl (C=O) groups excluding carboxylic acids is 1. The van der Waals surface area contributed by atoms with E-state index in [2.05, 4.69) is 39.2 Å². The Morgan fingerprint density at radius 3 is 2.97 bits per heavy atom. The van der Waals surface area contributed by atoms with Gasteiger partial charge in [-0.3, -0.25) is 9.69 Å². The maximum Gasteiger partial charge on any atom is 0.246 e. The van der Waals surface area contributed by atoms with Gasteiger partial charge in [-0.25, -0.2) is 14.4 Å². The van der Waals surface area contributed by atoms with Gasteiger partial charge in [0, 0.05) is 56.0 Å². The first kappa shape index (κ1) is 27.9. The Bertz CT molecular complexity index is 1340. The normalized spacial score (nSPS) is 17.6. The highest BCUT2D eigenvalue weighted by atomic mass is 35.5. The number of hydrogen-bond donors (Lipinski definition) is 1. The molecule has 1 atom stereocenters. The molecule has 0 aliphatic carbocycles. The van der Waals surface area contributed by atoms with E-state index in [0.29, 0.717) is 24.6 Å². The van der Waals surface area contributed by atoms with Crippen LogP contribution in [0.4, 0.5) is 15.9 Å². The summed E-state index contributed by atoms with van der Waals surface area (Å²) in [6.07, 6.45) is 8.44. The average molecular weight is 573 g/mol. The standard InChI is InChI=1S/C28H34ClFN6O2S/c1-34(2)12-13-35(16-20-5-4-14-38-20)10-3-6-25(37)36-11-9-21-24(17-36)39-28-26(21)27(31-18-32-28)33-19-7-8-23(30)22(29)15-19/h3,6-8,15,18,20H,4-5,9-14,16-17H2,1-2H3,(H,31,32,33)/b6-3+. The summed E-state index contributed by atoms with van der Waals surface area (Å²) >= 11 is 7.54. The van der Waals surface area contributed by atoms with Crippen LogP contribution in [-0.2, 0) is 22.5 Å². The van der Waals surface area contributed by atoms with Gasteiger partial charge in [0.25, 0.3) is 0 Å². The fourth-order valence-electron chi connectivity index (χ4n) is 5.00. The molecule has 0 bridgehead atoms. The summed E-state index contributed by atoms with van der Waals surface area (Å²) in [6.45, 7) is 5.52. The molecule has 208 valence electrons. The van der Waals surface area contributed by atoms with Gasteiger partial charge in [-0.1, -0.05) is 17.7 Å². The highest BCUT2D eigenvalue weighted by Crippen LogP contribution is 2.38. The zero-order chi connectivity index (χ0) is 27.4. The number of anilines is 2. The summed E-state index contributed by atoms with van der Waals surface area (Å²) in [5, 5.41) is 4.26. The van der Waals surface area contributed by atoms with Crippen LogP contribution in [0.15, 0.2) is 36.7 Å². The second-order valence-electron chi connectivity index (χ2n) is 10.3. The molecule has 1 fully saturated rings. The quantitative estimate of drug-likeness (QED) is 0.353. The van der Waals surface area contributed by atoms with E-state index in [1.807, 2.05) is 11.0 Å². The number of nitrogens with zero attached hydrogens (tertiary/aromatic N) is 5. The zero-order valence-corrected chi connectivity index (χ0v) is 23.9. The molecule has 0 saturated carbocycles. The highest BCUT2D eigenvalue weighted by Gasteiger charge is 2.26. The lowest BCUT2D eigenvalue weighted by Crippen LogP contribution is -2.37. The number of ether oxygens (including phenoxy) is 1. The van der Waals surface area contributed by atoms with Crippen molar-refractivity contribution >= 4 is 50.6 Å². The van der Waals surface area contributed by atoms with Gasteiger partial charge >= 0.3 is 0 Å². The maximum atomic E-state index is 13.6. The summed E-state index contributed by atoms with van der Waals surface area (Å²) in [4.78, 5) is 30.4. The van der Waals surface area contributed by atoms with E-state index < -0.39 is 5.82 Å². The van der Waals surface area contributed by atoms with Gasteiger partial charge in [0.1, 0.15) is 22.8 Å². The summed E-state index contributed by atoms with van der Waals surface area (Å²) in [5.41, 5.74) is 1.81. The zero-order valence-electron chi connectivity index (χ0n) is 22.3. The van der Waals surface area contributed by atoms with Gasteiger partial charge in [0.05, 0.1) is 23.1 Å². The number of likely N-dealkylation sites (N-methyl/N-ethyl adjacent to an activating group) is 1. The SMILES string of the molecule is CN(C)CCN(C/C=C/C(=O)N1CCc2c(sc3ncnc(Nc4ccc(F)c(Cl)c4)c23)C1)CC1CCCO1. The molecule has 2 aliphatic rings. The Hall–Kier alpha value is -2.63. The summed E-state index contributed by atoms with van der Waals surface area (Å²) in [7, 11) is 4.15. The number of benzene rings is 1. The van der Waals surface area contributed by atoms with Gasteiger partial charge in [-0.15, -0.1) is 11.3 Å². The van der Waals surface area contributed by atoms with Crippen molar-refractivity contribution in [2.24, 2.45) is 0 Å². The first-order valence-electron chi connectivity index (χ1n) is 13.3. The fraction of sp³-hybridized carbons (Fsp3) is 0.464. The molecule has 5 rings (SSSR count). The predicted octanol–water partition coefficient (Wildman–Crippen LogP) is 4.71. The second kappa shape index (κ2) is 12.7. The minimum atomic E-state index is -0.467. The molecule has 1 N–H and O–H groups in total.